The minimum Gasteiger partial charge on any atom is -0.261 e. The summed E-state index contributed by atoms with van der Waals surface area (Å²) >= 11 is 0. The Morgan fingerprint density at radius 2 is 0.600 bits per heavy atom. The maximum absolute atomic E-state index is 13.0. The van der Waals surface area contributed by atoms with Crippen LogP contribution in [0.4, 0.5) is 0 Å². The Hall–Kier alpha value is -3.11. The zero-order valence-corrected chi connectivity index (χ0v) is 31.1. The largest absolute Gasteiger partial charge is 0.261 e. The Morgan fingerprint density at radius 3 is 0.800 bits per heavy atom. The third-order valence-electron chi connectivity index (χ3n) is 8.44. The third kappa shape index (κ3) is 7.49. The minimum atomic E-state index is -2.98. The Morgan fingerprint density at radius 1 is 0.400 bits per heavy atom. The molecule has 0 saturated carbocycles. The molecule has 0 radical (unpaired) electrons. The van der Waals surface area contributed by atoms with Gasteiger partial charge in [0, 0.05) is 29.2 Å². The van der Waals surface area contributed by atoms with Gasteiger partial charge < -0.3 is 0 Å². The molecule has 1 N–H and O–H groups in total. The molecule has 0 saturated heterocycles. The van der Waals surface area contributed by atoms with Crippen molar-refractivity contribution < 1.29 is 0 Å². The summed E-state index contributed by atoms with van der Waals surface area (Å²) in [5.74, 6) is 0. The number of nitrogens with zero attached hydrogens (tertiary/aromatic N) is 2. The summed E-state index contributed by atoms with van der Waals surface area (Å²) in [6, 6.07) is 33.2. The number of hydrogen-bond acceptors (Lipinski definition) is 3. The van der Waals surface area contributed by atoms with Gasteiger partial charge in [0.05, 0.1) is 9.84 Å². The SMILES string of the molecule is CC(C)(C)c1ccc(S(=N)(=NS(#N)(c2ccc(C(C)(C)C)cc2)c2ccc(C(C)(C)C)cc2)c2ccc(C(C)(C)C)cc2)cc1. The second-order valence-corrected chi connectivity index (χ2v) is 21.0. The molecule has 45 heavy (non-hydrogen) atoms. The van der Waals surface area contributed by atoms with Crippen molar-refractivity contribution in [3.05, 3.63) is 119 Å². The highest BCUT2D eigenvalue weighted by molar-refractivity contribution is 8.24. The van der Waals surface area contributed by atoms with Crippen molar-refractivity contribution in [1.29, 1.82) is 9.39 Å². The molecular weight excluding hydrogens is 587 g/mol. The van der Waals surface area contributed by atoms with Gasteiger partial charge in [-0.1, -0.05) is 132 Å². The predicted molar refractivity (Wildman–Crippen MR) is 195 cm³/mol. The molecular formula is C40H53N3S2. The first-order valence-corrected chi connectivity index (χ1v) is 19.0. The van der Waals surface area contributed by atoms with Crippen molar-refractivity contribution in [2.75, 3.05) is 0 Å². The van der Waals surface area contributed by atoms with Crippen molar-refractivity contribution in [3.8, 4) is 0 Å². The van der Waals surface area contributed by atoms with Gasteiger partial charge in [-0.3, -0.25) is 4.78 Å². The number of nitrogens with one attached hydrogen (secondary N) is 1. The number of hydrogen-bond donors (Lipinski definition) is 1. The Labute approximate surface area is 275 Å². The van der Waals surface area contributed by atoms with E-state index in [1.165, 1.54) is 22.3 Å². The maximum atomic E-state index is 13.0. The van der Waals surface area contributed by atoms with E-state index in [1.807, 2.05) is 24.3 Å². The quantitative estimate of drug-likeness (QED) is 0.233. The first kappa shape index (κ1) is 34.8. The lowest BCUT2D eigenvalue weighted by atomic mass is 9.87. The highest BCUT2D eigenvalue weighted by atomic mass is 32.3. The maximum Gasteiger partial charge on any atom is 0.0926 e. The fourth-order valence-electron chi connectivity index (χ4n) is 5.20. The zero-order valence-electron chi connectivity index (χ0n) is 29.4. The van der Waals surface area contributed by atoms with Crippen molar-refractivity contribution in [3.63, 3.8) is 0 Å². The van der Waals surface area contributed by atoms with E-state index >= 15 is 0 Å². The van der Waals surface area contributed by atoms with Gasteiger partial charge in [-0.2, -0.15) is 8.38 Å². The van der Waals surface area contributed by atoms with Crippen LogP contribution >= 0.6 is 9.84 Å². The second-order valence-electron chi connectivity index (χ2n) is 16.3. The fraction of sp³-hybridized carbons (Fsp3) is 0.400. The van der Waals surface area contributed by atoms with Crippen LogP contribution in [0.1, 0.15) is 105 Å². The van der Waals surface area contributed by atoms with Crippen LogP contribution in [0.2, 0.25) is 0 Å². The fourth-order valence-corrected chi connectivity index (χ4v) is 10.5. The van der Waals surface area contributed by atoms with Gasteiger partial charge in [-0.05, 0) is 92.4 Å². The molecule has 0 atom stereocenters. The lowest BCUT2D eigenvalue weighted by Gasteiger charge is -2.26. The molecule has 0 aliphatic rings. The summed E-state index contributed by atoms with van der Waals surface area (Å²) < 4.78 is 28.6. The van der Waals surface area contributed by atoms with Crippen LogP contribution in [-0.2, 0) is 31.3 Å². The van der Waals surface area contributed by atoms with Crippen LogP contribution in [0.25, 0.3) is 0 Å². The van der Waals surface area contributed by atoms with E-state index in [2.05, 4.69) is 156 Å². The summed E-state index contributed by atoms with van der Waals surface area (Å²) in [5.41, 5.74) is 4.71. The highest BCUT2D eigenvalue weighted by Crippen LogP contribution is 2.54. The summed E-state index contributed by atoms with van der Waals surface area (Å²) in [5, 5.41) is 0. The number of rotatable bonds is 2. The Bertz CT molecular complexity index is 1740. The predicted octanol–water partition coefficient (Wildman–Crippen LogP) is 12.7. The van der Waals surface area contributed by atoms with Crippen LogP contribution in [0, 0.1) is 9.39 Å². The molecule has 5 heteroatoms. The van der Waals surface area contributed by atoms with Crippen LogP contribution < -0.4 is 0 Å². The van der Waals surface area contributed by atoms with E-state index in [0.717, 1.165) is 19.6 Å². The van der Waals surface area contributed by atoms with Gasteiger partial charge in [0.2, 0.25) is 0 Å². The van der Waals surface area contributed by atoms with Crippen LogP contribution in [0.15, 0.2) is 120 Å². The van der Waals surface area contributed by atoms with E-state index in [9.17, 15) is 9.39 Å². The average Bonchev–Trinajstić information content (AvgIpc) is 2.95. The highest BCUT2D eigenvalue weighted by Gasteiger charge is 2.27. The minimum absolute atomic E-state index is 0.0142. The van der Waals surface area contributed by atoms with Crippen LogP contribution in [0.3, 0.4) is 0 Å². The van der Waals surface area contributed by atoms with Gasteiger partial charge in [-0.25, -0.2) is 0 Å². The molecule has 3 nitrogen and oxygen atoms in total. The monoisotopic (exact) mass is 639 g/mol. The first-order chi connectivity index (χ1) is 20.5. The molecule has 4 aromatic carbocycles. The lowest BCUT2D eigenvalue weighted by Crippen LogP contribution is -2.12. The first-order valence-electron chi connectivity index (χ1n) is 15.9. The smallest absolute Gasteiger partial charge is 0.0926 e. The van der Waals surface area contributed by atoms with Crippen molar-refractivity contribution >= 4 is 19.5 Å². The van der Waals surface area contributed by atoms with E-state index in [0.29, 0.717) is 0 Å². The van der Waals surface area contributed by atoms with Gasteiger partial charge in [0.25, 0.3) is 0 Å². The molecule has 0 aliphatic carbocycles. The summed E-state index contributed by atoms with van der Waals surface area (Å²) in [6.45, 7) is 26.3. The normalized spacial score (nSPS) is 13.5. The van der Waals surface area contributed by atoms with E-state index in [-0.39, 0.29) is 21.7 Å². The van der Waals surface area contributed by atoms with Crippen molar-refractivity contribution in [2.45, 2.75) is 124 Å². The Balaban J connectivity index is 2.07. The molecule has 0 spiro atoms. The van der Waals surface area contributed by atoms with E-state index in [1.54, 1.807) is 0 Å². The molecule has 0 heterocycles. The molecule has 0 unspecified atom stereocenters. The second kappa shape index (κ2) is 11.9. The van der Waals surface area contributed by atoms with Crippen LogP contribution in [0.5, 0.6) is 0 Å². The summed E-state index contributed by atoms with van der Waals surface area (Å²) in [6.07, 6.45) is 0. The molecule has 0 amide bonds. The molecule has 0 fully saturated rings. The molecule has 4 rings (SSSR count). The number of benzene rings is 4. The van der Waals surface area contributed by atoms with Crippen LogP contribution in [-0.4, -0.2) is 0 Å². The topological polar surface area (TPSA) is 60.0 Å². The van der Waals surface area contributed by atoms with Gasteiger partial charge in [0.1, 0.15) is 0 Å². The van der Waals surface area contributed by atoms with Gasteiger partial charge >= 0.3 is 0 Å². The lowest BCUT2D eigenvalue weighted by molar-refractivity contribution is 0.589. The van der Waals surface area contributed by atoms with E-state index in [4.69, 9.17) is 3.77 Å². The molecule has 240 valence electrons. The average molecular weight is 640 g/mol. The molecule has 4 aromatic rings. The van der Waals surface area contributed by atoms with E-state index < -0.39 is 19.5 Å². The third-order valence-corrected chi connectivity index (χ3v) is 14.0. The molecule has 0 bridgehead atoms. The zero-order chi connectivity index (χ0) is 33.6. The van der Waals surface area contributed by atoms with Crippen molar-refractivity contribution in [2.24, 2.45) is 3.77 Å². The van der Waals surface area contributed by atoms with Gasteiger partial charge in [0.15, 0.2) is 0 Å². The molecule has 0 aromatic heterocycles. The van der Waals surface area contributed by atoms with Gasteiger partial charge in [-0.15, -0.1) is 0 Å². The van der Waals surface area contributed by atoms with Crippen molar-refractivity contribution in [1.82, 2.24) is 0 Å². The summed E-state index contributed by atoms with van der Waals surface area (Å²) in [7, 11) is -5.77. The molecule has 0 aliphatic heterocycles. The summed E-state index contributed by atoms with van der Waals surface area (Å²) in [4.78, 5) is 3.09. The Kier molecular flexibility index (Phi) is 9.20. The standard InChI is InChI=1S/C40H53N3S2/c1-37(2,3)29-13-21-33(22-14-29)44(41,34-23-15-30(16-24-34)38(4,5)6)43-45(42,35-25-17-31(18-26-35)39(7,8)9)36-27-19-32(20-28-36)40(10,11)12/h13-28,41H,1-12H3.